The molecule has 1 saturated heterocycles. The van der Waals surface area contributed by atoms with Gasteiger partial charge in [-0.05, 0) is 18.4 Å². The van der Waals surface area contributed by atoms with Crippen LogP contribution in [0.4, 0.5) is 5.82 Å². The van der Waals surface area contributed by atoms with Gasteiger partial charge in [0.2, 0.25) is 0 Å². The van der Waals surface area contributed by atoms with Crippen molar-refractivity contribution in [3.8, 4) is 0 Å². The average Bonchev–Trinajstić information content (AvgIpc) is 2.86. The second-order valence-electron chi connectivity index (χ2n) is 7.24. The highest BCUT2D eigenvalue weighted by atomic mass is 15.3. The van der Waals surface area contributed by atoms with Crippen LogP contribution in [0.2, 0.25) is 0 Å². The zero-order chi connectivity index (χ0) is 15.2. The van der Waals surface area contributed by atoms with Gasteiger partial charge in [-0.15, -0.1) is 0 Å². The van der Waals surface area contributed by atoms with Crippen molar-refractivity contribution in [2.75, 3.05) is 18.0 Å². The van der Waals surface area contributed by atoms with E-state index < -0.39 is 0 Å². The molecule has 1 aliphatic rings. The van der Waals surface area contributed by atoms with Gasteiger partial charge in [0.1, 0.15) is 5.52 Å². The Labute approximate surface area is 126 Å². The van der Waals surface area contributed by atoms with E-state index in [0.29, 0.717) is 5.92 Å². The molecule has 0 amide bonds. The maximum atomic E-state index is 6.23. The largest absolute Gasteiger partial charge is 0.353 e. The molecular formula is C16H25N5. The van der Waals surface area contributed by atoms with Crippen molar-refractivity contribution in [1.29, 1.82) is 0 Å². The van der Waals surface area contributed by atoms with Crippen LogP contribution in [0.25, 0.3) is 5.52 Å². The molecule has 5 nitrogen and oxygen atoms in total. The molecule has 21 heavy (non-hydrogen) atoms. The van der Waals surface area contributed by atoms with Gasteiger partial charge in [-0.2, -0.15) is 5.10 Å². The van der Waals surface area contributed by atoms with Gasteiger partial charge in [-0.1, -0.05) is 27.7 Å². The summed E-state index contributed by atoms with van der Waals surface area (Å²) >= 11 is 0. The molecule has 0 bridgehead atoms. The zero-order valence-corrected chi connectivity index (χ0v) is 13.4. The molecule has 0 radical (unpaired) electrons. The molecule has 3 heterocycles. The smallest absolute Gasteiger partial charge is 0.154 e. The van der Waals surface area contributed by atoms with Gasteiger partial charge in [0.25, 0.3) is 0 Å². The van der Waals surface area contributed by atoms with Gasteiger partial charge < -0.3 is 10.6 Å². The zero-order valence-electron chi connectivity index (χ0n) is 13.4. The molecule has 2 aromatic rings. The SMILES string of the molecule is CC1CCN(c2nccn3nc(C(C)(C)C)cc23)CC1N. The van der Waals surface area contributed by atoms with Gasteiger partial charge in [-0.3, -0.25) is 0 Å². The van der Waals surface area contributed by atoms with Crippen molar-refractivity contribution >= 4 is 11.3 Å². The van der Waals surface area contributed by atoms with Crippen LogP contribution in [0.5, 0.6) is 0 Å². The summed E-state index contributed by atoms with van der Waals surface area (Å²) in [6, 6.07) is 2.37. The average molecular weight is 287 g/mol. The first-order valence-corrected chi connectivity index (χ1v) is 7.71. The Morgan fingerprint density at radius 2 is 2.10 bits per heavy atom. The Bertz CT molecular complexity index is 640. The van der Waals surface area contributed by atoms with Crippen LogP contribution in [0, 0.1) is 5.92 Å². The summed E-state index contributed by atoms with van der Waals surface area (Å²) in [6.45, 7) is 10.6. The molecule has 3 rings (SSSR count). The topological polar surface area (TPSA) is 59.5 Å². The van der Waals surface area contributed by atoms with Crippen molar-refractivity contribution in [3.05, 3.63) is 24.2 Å². The quantitative estimate of drug-likeness (QED) is 0.873. The summed E-state index contributed by atoms with van der Waals surface area (Å²) in [7, 11) is 0. The fraction of sp³-hybridized carbons (Fsp3) is 0.625. The number of aromatic nitrogens is 3. The third-order valence-electron chi connectivity index (χ3n) is 4.45. The van der Waals surface area contributed by atoms with E-state index in [1.807, 2.05) is 16.9 Å². The number of fused-ring (bicyclic) bond motifs is 1. The minimum atomic E-state index is 0.0378. The van der Waals surface area contributed by atoms with Crippen LogP contribution in [0.3, 0.4) is 0 Å². The molecule has 2 atom stereocenters. The second kappa shape index (κ2) is 4.98. The fourth-order valence-electron chi connectivity index (χ4n) is 2.81. The Morgan fingerprint density at radius 3 is 2.76 bits per heavy atom. The standard InChI is InChI=1S/C16H25N5/c1-11-5-7-20(10-12(11)17)15-13-9-14(16(2,3)4)19-21(13)8-6-18-15/h6,8-9,11-12H,5,7,10,17H2,1-4H3. The molecule has 2 unspecified atom stereocenters. The third kappa shape index (κ3) is 2.62. The lowest BCUT2D eigenvalue weighted by Crippen LogP contribution is -2.48. The molecule has 2 aromatic heterocycles. The Balaban J connectivity index is 2.01. The maximum Gasteiger partial charge on any atom is 0.154 e. The van der Waals surface area contributed by atoms with Crippen LogP contribution in [0.1, 0.15) is 39.8 Å². The van der Waals surface area contributed by atoms with Crippen molar-refractivity contribution < 1.29 is 0 Å². The predicted octanol–water partition coefficient (Wildman–Crippen LogP) is 2.20. The summed E-state index contributed by atoms with van der Waals surface area (Å²) in [5.41, 5.74) is 8.43. The molecule has 0 saturated carbocycles. The maximum absolute atomic E-state index is 6.23. The van der Waals surface area contributed by atoms with Crippen LogP contribution in [0.15, 0.2) is 18.5 Å². The normalized spacial score (nSPS) is 23.8. The first-order valence-electron chi connectivity index (χ1n) is 7.71. The first-order chi connectivity index (χ1) is 9.86. The highest BCUT2D eigenvalue weighted by Gasteiger charge is 2.26. The number of hydrogen-bond acceptors (Lipinski definition) is 4. The summed E-state index contributed by atoms with van der Waals surface area (Å²) in [6.07, 6.45) is 4.86. The predicted molar refractivity (Wildman–Crippen MR) is 85.7 cm³/mol. The van der Waals surface area contributed by atoms with E-state index in [1.54, 1.807) is 0 Å². The van der Waals surface area contributed by atoms with Crippen LogP contribution in [-0.2, 0) is 5.41 Å². The lowest BCUT2D eigenvalue weighted by atomic mass is 9.92. The van der Waals surface area contributed by atoms with E-state index in [-0.39, 0.29) is 11.5 Å². The van der Waals surface area contributed by atoms with E-state index in [0.717, 1.165) is 36.5 Å². The Hall–Kier alpha value is -1.62. The fourth-order valence-corrected chi connectivity index (χ4v) is 2.81. The summed E-state index contributed by atoms with van der Waals surface area (Å²) in [5, 5.41) is 4.69. The van der Waals surface area contributed by atoms with E-state index >= 15 is 0 Å². The summed E-state index contributed by atoms with van der Waals surface area (Å²) in [5.74, 6) is 1.58. The third-order valence-corrected chi connectivity index (χ3v) is 4.45. The minimum absolute atomic E-state index is 0.0378. The number of anilines is 1. The Morgan fingerprint density at radius 1 is 1.33 bits per heavy atom. The summed E-state index contributed by atoms with van der Waals surface area (Å²) in [4.78, 5) is 6.89. The number of nitrogens with zero attached hydrogens (tertiary/aromatic N) is 4. The minimum Gasteiger partial charge on any atom is -0.353 e. The number of rotatable bonds is 1. The van der Waals surface area contributed by atoms with Crippen molar-refractivity contribution in [2.24, 2.45) is 11.7 Å². The number of hydrogen-bond donors (Lipinski definition) is 1. The number of nitrogens with two attached hydrogens (primary N) is 1. The molecule has 1 aliphatic heterocycles. The highest BCUT2D eigenvalue weighted by molar-refractivity contribution is 5.69. The van der Waals surface area contributed by atoms with E-state index in [1.165, 1.54) is 0 Å². The molecule has 0 aromatic carbocycles. The lowest BCUT2D eigenvalue weighted by molar-refractivity contribution is 0.378. The molecule has 1 fully saturated rings. The molecule has 0 spiro atoms. The van der Waals surface area contributed by atoms with Crippen LogP contribution < -0.4 is 10.6 Å². The van der Waals surface area contributed by atoms with Gasteiger partial charge >= 0.3 is 0 Å². The van der Waals surface area contributed by atoms with Crippen LogP contribution in [-0.4, -0.2) is 33.7 Å². The molecule has 114 valence electrons. The second-order valence-corrected chi connectivity index (χ2v) is 7.24. The first kappa shape index (κ1) is 14.3. The molecular weight excluding hydrogens is 262 g/mol. The summed E-state index contributed by atoms with van der Waals surface area (Å²) < 4.78 is 1.94. The van der Waals surface area contributed by atoms with Crippen molar-refractivity contribution in [3.63, 3.8) is 0 Å². The van der Waals surface area contributed by atoms with Gasteiger partial charge in [0.05, 0.1) is 5.69 Å². The van der Waals surface area contributed by atoms with E-state index in [4.69, 9.17) is 10.8 Å². The number of piperidine rings is 1. The molecule has 2 N–H and O–H groups in total. The highest BCUT2D eigenvalue weighted by Crippen LogP contribution is 2.28. The van der Waals surface area contributed by atoms with E-state index in [2.05, 4.69) is 43.6 Å². The Kier molecular flexibility index (Phi) is 3.40. The van der Waals surface area contributed by atoms with Crippen LogP contribution >= 0.6 is 0 Å². The molecule has 0 aliphatic carbocycles. The van der Waals surface area contributed by atoms with Gasteiger partial charge in [0.15, 0.2) is 5.82 Å². The monoisotopic (exact) mass is 287 g/mol. The molecule has 5 heteroatoms. The van der Waals surface area contributed by atoms with E-state index in [9.17, 15) is 0 Å². The lowest BCUT2D eigenvalue weighted by Gasteiger charge is -2.35. The van der Waals surface area contributed by atoms with Gasteiger partial charge in [-0.25, -0.2) is 9.50 Å². The van der Waals surface area contributed by atoms with Gasteiger partial charge in [0, 0.05) is 36.9 Å². The van der Waals surface area contributed by atoms with Crippen molar-refractivity contribution in [1.82, 2.24) is 14.6 Å². The van der Waals surface area contributed by atoms with Crippen molar-refractivity contribution in [2.45, 2.75) is 45.6 Å².